The number of carbonyl (C=O) groups is 2. The molecule has 0 radical (unpaired) electrons. The number of fused-ring (bicyclic) bond motifs is 1. The van der Waals surface area contributed by atoms with Crippen molar-refractivity contribution in [2.75, 3.05) is 13.7 Å². The molecule has 6 nitrogen and oxygen atoms in total. The Morgan fingerprint density at radius 3 is 2.49 bits per heavy atom. The van der Waals surface area contributed by atoms with Crippen molar-refractivity contribution in [3.05, 3.63) is 88.7 Å². The zero-order valence-electron chi connectivity index (χ0n) is 22.5. The van der Waals surface area contributed by atoms with Gasteiger partial charge in [0.25, 0.3) is 5.91 Å². The topological polar surface area (TPSA) is 71.5 Å². The molecule has 6 heteroatoms. The molecular formula is C31H37N3O3. The Bertz CT molecular complexity index is 1250. The molecule has 4 rings (SSSR count). The third-order valence-electron chi connectivity index (χ3n) is 7.16. The summed E-state index contributed by atoms with van der Waals surface area (Å²) in [5.41, 5.74) is 7.32. The molecule has 1 amide bonds. The molecule has 2 aromatic carbocycles. The first-order valence-corrected chi connectivity index (χ1v) is 13.0. The summed E-state index contributed by atoms with van der Waals surface area (Å²) in [6, 6.07) is 15.9. The molecule has 1 N–H and O–H groups in total. The van der Waals surface area contributed by atoms with Gasteiger partial charge in [-0.1, -0.05) is 50.2 Å². The van der Waals surface area contributed by atoms with Crippen molar-refractivity contribution in [1.82, 2.24) is 15.2 Å². The molecule has 3 aromatic rings. The number of rotatable bonds is 10. The second-order valence-corrected chi connectivity index (χ2v) is 10.4. The molecular weight excluding hydrogens is 462 g/mol. The van der Waals surface area contributed by atoms with E-state index in [4.69, 9.17) is 4.74 Å². The van der Waals surface area contributed by atoms with Crippen LogP contribution in [0.3, 0.4) is 0 Å². The number of nitrogens with zero attached hydrogens (tertiary/aromatic N) is 2. The van der Waals surface area contributed by atoms with Crippen molar-refractivity contribution >= 4 is 11.9 Å². The van der Waals surface area contributed by atoms with E-state index in [0.29, 0.717) is 19.0 Å². The minimum Gasteiger partial charge on any atom is -0.469 e. The van der Waals surface area contributed by atoms with Gasteiger partial charge in [0.2, 0.25) is 0 Å². The Labute approximate surface area is 220 Å². The molecule has 0 spiro atoms. The number of hydrogen-bond acceptors (Lipinski definition) is 5. The zero-order chi connectivity index (χ0) is 26.5. The van der Waals surface area contributed by atoms with Crippen LogP contribution < -0.4 is 5.32 Å². The maximum Gasteiger partial charge on any atom is 0.307 e. The first-order chi connectivity index (χ1) is 17.8. The number of carbonyl (C=O) groups excluding carboxylic acids is 2. The van der Waals surface area contributed by atoms with E-state index in [1.54, 1.807) is 0 Å². The fourth-order valence-electron chi connectivity index (χ4n) is 5.33. The molecule has 0 bridgehead atoms. The van der Waals surface area contributed by atoms with Crippen LogP contribution in [-0.4, -0.2) is 41.5 Å². The lowest BCUT2D eigenvalue weighted by atomic mass is 9.94. The van der Waals surface area contributed by atoms with E-state index in [-0.39, 0.29) is 30.4 Å². The molecule has 1 aliphatic heterocycles. The Balaban J connectivity index is 1.60. The van der Waals surface area contributed by atoms with Gasteiger partial charge in [-0.15, -0.1) is 0 Å². The number of hydrogen-bond donors (Lipinski definition) is 1. The van der Waals surface area contributed by atoms with Crippen LogP contribution in [0.1, 0.15) is 65.3 Å². The van der Waals surface area contributed by atoms with E-state index in [1.165, 1.54) is 18.2 Å². The third kappa shape index (κ3) is 6.08. The van der Waals surface area contributed by atoms with Crippen molar-refractivity contribution < 1.29 is 14.3 Å². The first kappa shape index (κ1) is 26.6. The van der Waals surface area contributed by atoms with Crippen LogP contribution in [-0.2, 0) is 16.1 Å². The van der Waals surface area contributed by atoms with Gasteiger partial charge in [0.1, 0.15) is 0 Å². The number of aromatic nitrogens is 1. The van der Waals surface area contributed by atoms with Gasteiger partial charge in [0.15, 0.2) is 0 Å². The number of nitrogens with one attached hydrogen (secondary N) is 1. The number of amides is 1. The highest BCUT2D eigenvalue weighted by atomic mass is 16.5. The van der Waals surface area contributed by atoms with E-state index in [2.05, 4.69) is 62.3 Å². The van der Waals surface area contributed by atoms with Gasteiger partial charge in [-0.3, -0.25) is 14.6 Å². The third-order valence-corrected chi connectivity index (χ3v) is 7.16. The summed E-state index contributed by atoms with van der Waals surface area (Å²) >= 11 is 0. The molecule has 37 heavy (non-hydrogen) atoms. The Morgan fingerprint density at radius 1 is 1.08 bits per heavy atom. The molecule has 0 saturated heterocycles. The lowest BCUT2D eigenvalue weighted by Gasteiger charge is -2.31. The first-order valence-electron chi connectivity index (χ1n) is 13.0. The van der Waals surface area contributed by atoms with Gasteiger partial charge in [-0.05, 0) is 66.1 Å². The number of esters is 1. The van der Waals surface area contributed by atoms with Gasteiger partial charge >= 0.3 is 5.97 Å². The molecule has 1 aromatic heterocycles. The maximum atomic E-state index is 13.2. The lowest BCUT2D eigenvalue weighted by Crippen LogP contribution is -2.44. The van der Waals surface area contributed by atoms with E-state index < -0.39 is 0 Å². The van der Waals surface area contributed by atoms with Crippen LogP contribution in [0.4, 0.5) is 0 Å². The number of aryl methyl sites for hydroxylation is 2. The average Bonchev–Trinajstić information content (AvgIpc) is 3.21. The van der Waals surface area contributed by atoms with Crippen molar-refractivity contribution in [1.29, 1.82) is 0 Å². The molecule has 194 valence electrons. The van der Waals surface area contributed by atoms with Gasteiger partial charge < -0.3 is 15.0 Å². The second kappa shape index (κ2) is 11.7. The van der Waals surface area contributed by atoms with E-state index in [9.17, 15) is 9.59 Å². The normalized spacial score (nSPS) is 14.5. The Kier molecular flexibility index (Phi) is 8.39. The molecule has 0 saturated carbocycles. The summed E-state index contributed by atoms with van der Waals surface area (Å²) in [6.07, 6.45) is 4.72. The predicted molar refractivity (Wildman–Crippen MR) is 146 cm³/mol. The van der Waals surface area contributed by atoms with E-state index in [1.807, 2.05) is 41.6 Å². The molecule has 2 atom stereocenters. The Hall–Kier alpha value is -3.51. The fraction of sp³-hybridized carbons (Fsp3) is 0.387. The largest absolute Gasteiger partial charge is 0.469 e. The Morgan fingerprint density at radius 2 is 1.81 bits per heavy atom. The number of ether oxygens (including phenoxy) is 1. The highest BCUT2D eigenvalue weighted by Gasteiger charge is 2.33. The van der Waals surface area contributed by atoms with Crippen molar-refractivity contribution in [2.24, 2.45) is 5.92 Å². The monoisotopic (exact) mass is 499 g/mol. The molecule has 1 aliphatic rings. The highest BCUT2D eigenvalue weighted by molar-refractivity contribution is 5.98. The van der Waals surface area contributed by atoms with Crippen LogP contribution in [0.15, 0.2) is 60.9 Å². The van der Waals surface area contributed by atoms with Crippen LogP contribution in [0.2, 0.25) is 0 Å². The van der Waals surface area contributed by atoms with Crippen LogP contribution in [0.25, 0.3) is 11.1 Å². The smallest absolute Gasteiger partial charge is 0.307 e. The molecule has 0 fully saturated rings. The van der Waals surface area contributed by atoms with Crippen molar-refractivity contribution in [2.45, 2.75) is 59.2 Å². The lowest BCUT2D eigenvalue weighted by molar-refractivity contribution is -0.141. The standard InChI is InChI=1S/C31H37N3O3/c1-20(2)13-26(34-19-23-11-6-7-12-27(23)31(34)36)18-33-28(15-29(35)37-5)24-14-25(17-32-16-24)30-21(3)9-8-10-22(30)4/h6-12,14,16-17,20,26,28,33H,13,15,18-19H2,1-5H3/t26-,28-/m0/s1. The van der Waals surface area contributed by atoms with E-state index >= 15 is 0 Å². The van der Waals surface area contributed by atoms with Crippen LogP contribution >= 0.6 is 0 Å². The van der Waals surface area contributed by atoms with E-state index in [0.717, 1.165) is 34.2 Å². The highest BCUT2D eigenvalue weighted by Crippen LogP contribution is 2.30. The number of benzene rings is 2. The number of methoxy groups -OCH3 is 1. The van der Waals surface area contributed by atoms with Crippen molar-refractivity contribution in [3.63, 3.8) is 0 Å². The fourth-order valence-corrected chi connectivity index (χ4v) is 5.33. The summed E-state index contributed by atoms with van der Waals surface area (Å²) in [4.78, 5) is 32.1. The summed E-state index contributed by atoms with van der Waals surface area (Å²) in [5.74, 6) is 0.197. The summed E-state index contributed by atoms with van der Waals surface area (Å²) in [7, 11) is 1.41. The van der Waals surface area contributed by atoms with Gasteiger partial charge in [0, 0.05) is 48.7 Å². The van der Waals surface area contributed by atoms with Crippen LogP contribution in [0.5, 0.6) is 0 Å². The minimum absolute atomic E-state index is 0.00481. The van der Waals surface area contributed by atoms with Crippen LogP contribution in [0, 0.1) is 19.8 Å². The van der Waals surface area contributed by atoms with Crippen molar-refractivity contribution in [3.8, 4) is 11.1 Å². The SMILES string of the molecule is COC(=O)C[C@H](NC[C@H](CC(C)C)N1Cc2ccccc2C1=O)c1cncc(-c2c(C)cccc2C)c1. The molecule has 0 unspecified atom stereocenters. The average molecular weight is 500 g/mol. The predicted octanol–water partition coefficient (Wildman–Crippen LogP) is 5.63. The quantitative estimate of drug-likeness (QED) is 0.366. The minimum atomic E-state index is -0.293. The maximum absolute atomic E-state index is 13.2. The second-order valence-electron chi connectivity index (χ2n) is 10.4. The summed E-state index contributed by atoms with van der Waals surface area (Å²) < 4.78 is 5.02. The summed E-state index contributed by atoms with van der Waals surface area (Å²) in [6.45, 7) is 9.71. The number of pyridine rings is 1. The van der Waals surface area contributed by atoms with Gasteiger partial charge in [0.05, 0.1) is 13.5 Å². The molecule has 0 aliphatic carbocycles. The van der Waals surface area contributed by atoms with Gasteiger partial charge in [-0.2, -0.15) is 0 Å². The van der Waals surface area contributed by atoms with Gasteiger partial charge in [-0.25, -0.2) is 0 Å². The zero-order valence-corrected chi connectivity index (χ0v) is 22.5. The molecule has 2 heterocycles. The summed E-state index contributed by atoms with van der Waals surface area (Å²) in [5, 5.41) is 3.60.